The van der Waals surface area contributed by atoms with E-state index in [1.807, 2.05) is 0 Å². The number of hydrogen-bond donors (Lipinski definition) is 2. The summed E-state index contributed by atoms with van der Waals surface area (Å²) in [5.41, 5.74) is 2.48. The second-order valence-corrected chi connectivity index (χ2v) is 8.68. The maximum absolute atomic E-state index is 12.6. The minimum Gasteiger partial charge on any atom is -0.352 e. The molecule has 0 aliphatic carbocycles. The first-order chi connectivity index (χ1) is 14.3. The molecule has 5 nitrogen and oxygen atoms in total. The number of piperidine rings is 1. The molecule has 0 amide bonds. The molecule has 2 aliphatic heterocycles. The summed E-state index contributed by atoms with van der Waals surface area (Å²) in [5, 5.41) is 6.55. The van der Waals surface area contributed by atoms with E-state index in [2.05, 4.69) is 51.7 Å². The molecule has 1 aromatic rings. The third-order valence-electron chi connectivity index (χ3n) is 5.97. The van der Waals surface area contributed by atoms with Crippen LogP contribution in [0.5, 0.6) is 0 Å². The zero-order valence-corrected chi connectivity index (χ0v) is 18.0. The highest BCUT2D eigenvalue weighted by atomic mass is 19.4. The van der Waals surface area contributed by atoms with Crippen molar-refractivity contribution in [2.75, 3.05) is 39.8 Å². The number of benzene rings is 1. The van der Waals surface area contributed by atoms with Crippen LogP contribution in [0.1, 0.15) is 37.3 Å². The summed E-state index contributed by atoms with van der Waals surface area (Å²) in [5.74, 6) is 1.46. The van der Waals surface area contributed by atoms with Gasteiger partial charge in [0.25, 0.3) is 0 Å². The van der Waals surface area contributed by atoms with Crippen LogP contribution < -0.4 is 10.6 Å². The molecular formula is C22H34F3N5. The topological polar surface area (TPSA) is 42.9 Å². The van der Waals surface area contributed by atoms with E-state index in [1.54, 1.807) is 7.05 Å². The van der Waals surface area contributed by atoms with Crippen LogP contribution in [0, 0.1) is 5.92 Å². The lowest BCUT2D eigenvalue weighted by Crippen LogP contribution is -2.44. The second kappa shape index (κ2) is 10.5. The van der Waals surface area contributed by atoms with Crippen molar-refractivity contribution in [3.05, 3.63) is 35.4 Å². The molecule has 2 N–H and O–H groups in total. The van der Waals surface area contributed by atoms with E-state index in [0.717, 1.165) is 25.6 Å². The molecule has 2 heterocycles. The lowest BCUT2D eigenvalue weighted by Gasteiger charge is -2.30. The predicted octanol–water partition coefficient (Wildman–Crippen LogP) is 3.22. The van der Waals surface area contributed by atoms with Crippen molar-refractivity contribution in [2.45, 2.75) is 51.5 Å². The Bertz CT molecular complexity index is 698. The van der Waals surface area contributed by atoms with Gasteiger partial charge in [-0.2, -0.15) is 13.2 Å². The molecule has 0 aromatic heterocycles. The van der Waals surface area contributed by atoms with Crippen molar-refractivity contribution in [1.82, 2.24) is 20.4 Å². The zero-order chi connectivity index (χ0) is 21.6. The Kier molecular flexibility index (Phi) is 7.99. The molecule has 2 fully saturated rings. The summed E-state index contributed by atoms with van der Waals surface area (Å²) in [7, 11) is 1.69. The van der Waals surface area contributed by atoms with Gasteiger partial charge in [-0.05, 0) is 49.4 Å². The summed E-state index contributed by atoms with van der Waals surface area (Å²) in [6, 6.07) is 8.54. The number of likely N-dealkylation sites (tertiary alicyclic amines) is 2. The first-order valence-electron chi connectivity index (χ1n) is 10.9. The van der Waals surface area contributed by atoms with Crippen LogP contribution in [0.3, 0.4) is 0 Å². The Hall–Kier alpha value is -1.80. The first-order valence-corrected chi connectivity index (χ1v) is 10.9. The Morgan fingerprint density at radius 1 is 1.10 bits per heavy atom. The Labute approximate surface area is 177 Å². The maximum atomic E-state index is 12.6. The highest BCUT2D eigenvalue weighted by molar-refractivity contribution is 5.80. The number of guanidine groups is 1. The van der Waals surface area contributed by atoms with Crippen molar-refractivity contribution in [2.24, 2.45) is 10.9 Å². The smallest absolute Gasteiger partial charge is 0.352 e. The Morgan fingerprint density at radius 2 is 1.80 bits per heavy atom. The molecule has 30 heavy (non-hydrogen) atoms. The van der Waals surface area contributed by atoms with E-state index in [1.165, 1.54) is 28.9 Å². The summed E-state index contributed by atoms with van der Waals surface area (Å²) >= 11 is 0. The average molecular weight is 426 g/mol. The third kappa shape index (κ3) is 7.47. The van der Waals surface area contributed by atoms with Gasteiger partial charge >= 0.3 is 6.18 Å². The average Bonchev–Trinajstić information content (AvgIpc) is 3.12. The summed E-state index contributed by atoms with van der Waals surface area (Å²) in [4.78, 5) is 8.19. The molecule has 2 saturated heterocycles. The summed E-state index contributed by atoms with van der Waals surface area (Å²) in [6.45, 7) is 6.23. The van der Waals surface area contributed by atoms with Crippen molar-refractivity contribution in [3.8, 4) is 0 Å². The monoisotopic (exact) mass is 425 g/mol. The molecule has 0 radical (unpaired) electrons. The number of alkyl halides is 3. The van der Waals surface area contributed by atoms with Crippen molar-refractivity contribution in [3.63, 3.8) is 0 Å². The number of hydrogen-bond acceptors (Lipinski definition) is 3. The fourth-order valence-corrected chi connectivity index (χ4v) is 4.24. The molecule has 3 rings (SSSR count). The van der Waals surface area contributed by atoms with Gasteiger partial charge in [0.1, 0.15) is 0 Å². The Morgan fingerprint density at radius 3 is 2.50 bits per heavy atom. The highest BCUT2D eigenvalue weighted by Crippen LogP contribution is 2.20. The number of nitrogens with zero attached hydrogens (tertiary/aromatic N) is 3. The van der Waals surface area contributed by atoms with Crippen LogP contribution in [0.2, 0.25) is 0 Å². The molecular weight excluding hydrogens is 391 g/mol. The SMILES string of the molecule is CN=C(NCc1cccc(CN2CCC(C)CC2)c1)NC1CCN(CC(F)(F)F)C1. The van der Waals surface area contributed by atoms with Gasteiger partial charge in [0.2, 0.25) is 0 Å². The zero-order valence-electron chi connectivity index (χ0n) is 18.0. The van der Waals surface area contributed by atoms with Crippen LogP contribution in [0.15, 0.2) is 29.3 Å². The van der Waals surface area contributed by atoms with Gasteiger partial charge in [-0.1, -0.05) is 31.2 Å². The molecule has 1 unspecified atom stereocenters. The molecule has 168 valence electrons. The lowest BCUT2D eigenvalue weighted by atomic mass is 9.98. The van der Waals surface area contributed by atoms with Crippen LogP contribution in [0.25, 0.3) is 0 Å². The largest absolute Gasteiger partial charge is 0.401 e. The predicted molar refractivity (Wildman–Crippen MR) is 114 cm³/mol. The molecule has 1 atom stereocenters. The van der Waals surface area contributed by atoms with Gasteiger partial charge in [-0.3, -0.25) is 14.8 Å². The summed E-state index contributed by atoms with van der Waals surface area (Å²) in [6.07, 6.45) is -0.928. The first kappa shape index (κ1) is 22.9. The maximum Gasteiger partial charge on any atom is 0.401 e. The standard InChI is InChI=1S/C22H34F3N5/c1-17-6-9-29(10-7-17)14-19-5-3-4-18(12-19)13-27-21(26-2)28-20-8-11-30(15-20)16-22(23,24)25/h3-5,12,17,20H,6-11,13-16H2,1-2H3,(H2,26,27,28). The van der Waals surface area contributed by atoms with E-state index < -0.39 is 12.7 Å². The van der Waals surface area contributed by atoms with Crippen LogP contribution >= 0.6 is 0 Å². The van der Waals surface area contributed by atoms with E-state index >= 15 is 0 Å². The Balaban J connectivity index is 1.45. The number of halogens is 3. The molecule has 2 aliphatic rings. The van der Waals surface area contributed by atoms with Gasteiger partial charge in [0.15, 0.2) is 5.96 Å². The van der Waals surface area contributed by atoms with E-state index in [-0.39, 0.29) is 6.04 Å². The minimum atomic E-state index is -4.15. The van der Waals surface area contributed by atoms with Gasteiger partial charge < -0.3 is 10.6 Å². The number of nitrogens with one attached hydrogen (secondary N) is 2. The fourth-order valence-electron chi connectivity index (χ4n) is 4.24. The van der Waals surface area contributed by atoms with Gasteiger partial charge in [-0.25, -0.2) is 0 Å². The van der Waals surface area contributed by atoms with E-state index in [0.29, 0.717) is 32.0 Å². The van der Waals surface area contributed by atoms with Crippen molar-refractivity contribution >= 4 is 5.96 Å². The van der Waals surface area contributed by atoms with E-state index in [4.69, 9.17) is 0 Å². The van der Waals surface area contributed by atoms with Crippen LogP contribution in [0.4, 0.5) is 13.2 Å². The fraction of sp³-hybridized carbons (Fsp3) is 0.682. The van der Waals surface area contributed by atoms with Crippen LogP contribution in [-0.4, -0.2) is 67.7 Å². The summed E-state index contributed by atoms with van der Waals surface area (Å²) < 4.78 is 37.7. The highest BCUT2D eigenvalue weighted by Gasteiger charge is 2.34. The van der Waals surface area contributed by atoms with Crippen molar-refractivity contribution in [1.29, 1.82) is 0 Å². The molecule has 0 saturated carbocycles. The molecule has 0 bridgehead atoms. The molecule has 8 heteroatoms. The van der Waals surface area contributed by atoms with Crippen LogP contribution in [-0.2, 0) is 13.1 Å². The number of rotatable bonds is 6. The molecule has 1 aromatic carbocycles. The molecule has 0 spiro atoms. The number of aliphatic imine (C=N–C) groups is 1. The minimum absolute atomic E-state index is 0.0219. The van der Waals surface area contributed by atoms with Gasteiger partial charge in [-0.15, -0.1) is 0 Å². The second-order valence-electron chi connectivity index (χ2n) is 8.68. The quantitative estimate of drug-likeness (QED) is 0.543. The normalized spacial score (nSPS) is 22.4. The van der Waals surface area contributed by atoms with Crippen molar-refractivity contribution < 1.29 is 13.2 Å². The van der Waals surface area contributed by atoms with Gasteiger partial charge in [0.05, 0.1) is 6.54 Å². The van der Waals surface area contributed by atoms with Gasteiger partial charge in [0, 0.05) is 39.3 Å². The lowest BCUT2D eigenvalue weighted by molar-refractivity contribution is -0.143. The van der Waals surface area contributed by atoms with E-state index in [9.17, 15) is 13.2 Å². The third-order valence-corrected chi connectivity index (χ3v) is 5.97.